The van der Waals surface area contributed by atoms with Crippen LogP contribution in [0.1, 0.15) is 29.3 Å². The summed E-state index contributed by atoms with van der Waals surface area (Å²) in [6.07, 6.45) is 0.584. The van der Waals surface area contributed by atoms with Crippen LogP contribution in [-0.4, -0.2) is 5.78 Å². The molecule has 64 valence electrons. The van der Waals surface area contributed by atoms with Gasteiger partial charge >= 0.3 is 0 Å². The molecule has 0 aromatic heterocycles. The first kappa shape index (κ1) is 9.71. The van der Waals surface area contributed by atoms with Crippen LogP contribution < -0.4 is 0 Å². The van der Waals surface area contributed by atoms with Crippen LogP contribution in [0.3, 0.4) is 0 Å². The summed E-state index contributed by atoms with van der Waals surface area (Å²) in [7, 11) is 0. The Labute approximate surface area is 86.3 Å². The largest absolute Gasteiger partial charge is 0.294 e. The fraction of sp³-hybridized carbons (Fsp3) is 0.300. The Morgan fingerprint density at radius 2 is 2.17 bits per heavy atom. The van der Waals surface area contributed by atoms with Crippen molar-refractivity contribution in [1.29, 1.82) is 0 Å². The molecule has 0 aliphatic carbocycles. The van der Waals surface area contributed by atoms with Crippen LogP contribution in [0.15, 0.2) is 18.2 Å². The summed E-state index contributed by atoms with van der Waals surface area (Å²) in [4.78, 5) is 11.5. The zero-order valence-electron chi connectivity index (χ0n) is 7.23. The predicted molar refractivity (Wildman–Crippen MR) is 58.5 cm³/mol. The van der Waals surface area contributed by atoms with E-state index in [1.54, 1.807) is 0 Å². The zero-order chi connectivity index (χ0) is 9.14. The Morgan fingerprint density at radius 3 is 2.67 bits per heavy atom. The molecule has 0 radical (unpaired) electrons. The first-order valence-corrected chi connectivity index (χ1v) is 5.03. The average molecular weight is 274 g/mol. The van der Waals surface area contributed by atoms with Gasteiger partial charge in [-0.15, -0.1) is 0 Å². The number of halogens is 1. The first-order valence-electron chi connectivity index (χ1n) is 3.95. The predicted octanol–water partition coefficient (Wildman–Crippen LogP) is 3.19. The van der Waals surface area contributed by atoms with Crippen LogP contribution >= 0.6 is 22.6 Å². The third-order valence-corrected chi connectivity index (χ3v) is 2.72. The lowest BCUT2D eigenvalue weighted by Gasteiger charge is -2.04. The average Bonchev–Trinajstić information content (AvgIpc) is 2.03. The van der Waals surface area contributed by atoms with Crippen molar-refractivity contribution in [2.75, 3.05) is 0 Å². The molecule has 1 nitrogen and oxygen atoms in total. The Hall–Kier alpha value is -0.380. The third kappa shape index (κ3) is 1.86. The number of carbonyl (C=O) groups excluding carboxylic acids is 1. The standard InChI is InChI=1S/C10H11IO/c1-3-9(12)10-7(2)5-4-6-8(10)11/h4-6H,3H2,1-2H3. The van der Waals surface area contributed by atoms with E-state index in [1.165, 1.54) is 0 Å². The van der Waals surface area contributed by atoms with Crippen molar-refractivity contribution in [3.05, 3.63) is 32.9 Å². The molecule has 0 N–H and O–H groups in total. The highest BCUT2D eigenvalue weighted by molar-refractivity contribution is 14.1. The number of carbonyl (C=O) groups is 1. The van der Waals surface area contributed by atoms with Gasteiger partial charge in [0.25, 0.3) is 0 Å². The Kier molecular flexibility index (Phi) is 3.26. The molecule has 1 aromatic carbocycles. The molecular weight excluding hydrogens is 263 g/mol. The summed E-state index contributed by atoms with van der Waals surface area (Å²) in [6.45, 7) is 3.87. The Bertz CT molecular complexity index is 284. The number of aryl methyl sites for hydroxylation is 1. The molecule has 0 amide bonds. The molecule has 0 bridgehead atoms. The van der Waals surface area contributed by atoms with Crippen LogP contribution in [-0.2, 0) is 0 Å². The molecule has 1 aromatic rings. The number of Topliss-reactive ketones (excluding diaryl/α,β-unsaturated/α-hetero) is 1. The minimum Gasteiger partial charge on any atom is -0.294 e. The van der Waals surface area contributed by atoms with Crippen LogP contribution in [0.4, 0.5) is 0 Å². The van der Waals surface area contributed by atoms with Gasteiger partial charge in [0.05, 0.1) is 0 Å². The maximum Gasteiger partial charge on any atom is 0.163 e. The maximum atomic E-state index is 11.5. The number of ketones is 1. The van der Waals surface area contributed by atoms with Crippen LogP contribution in [0.25, 0.3) is 0 Å². The summed E-state index contributed by atoms with van der Waals surface area (Å²) in [5.41, 5.74) is 1.97. The molecule has 2 heteroatoms. The molecule has 0 aliphatic rings. The van der Waals surface area contributed by atoms with Crippen LogP contribution in [0.5, 0.6) is 0 Å². The molecule has 0 saturated carbocycles. The minimum atomic E-state index is 0.234. The van der Waals surface area contributed by atoms with Crippen molar-refractivity contribution >= 4 is 28.4 Å². The van der Waals surface area contributed by atoms with Gasteiger partial charge < -0.3 is 0 Å². The lowest BCUT2D eigenvalue weighted by Crippen LogP contribution is -2.02. The van der Waals surface area contributed by atoms with Gasteiger partial charge in [-0.1, -0.05) is 19.1 Å². The fourth-order valence-electron chi connectivity index (χ4n) is 1.16. The van der Waals surface area contributed by atoms with Crippen LogP contribution in [0.2, 0.25) is 0 Å². The lowest BCUT2D eigenvalue weighted by molar-refractivity contribution is 0.0986. The van der Waals surface area contributed by atoms with Crippen molar-refractivity contribution in [1.82, 2.24) is 0 Å². The number of rotatable bonds is 2. The van der Waals surface area contributed by atoms with Crippen molar-refractivity contribution in [2.45, 2.75) is 20.3 Å². The molecule has 0 unspecified atom stereocenters. The van der Waals surface area contributed by atoms with Crippen molar-refractivity contribution in [3.63, 3.8) is 0 Å². The second-order valence-corrected chi connectivity index (χ2v) is 3.87. The molecule has 0 heterocycles. The fourth-order valence-corrected chi connectivity index (χ4v) is 2.10. The van der Waals surface area contributed by atoms with E-state index in [2.05, 4.69) is 22.6 Å². The van der Waals surface area contributed by atoms with Crippen molar-refractivity contribution < 1.29 is 4.79 Å². The van der Waals surface area contributed by atoms with E-state index in [0.717, 1.165) is 14.7 Å². The quantitative estimate of drug-likeness (QED) is 0.598. The van der Waals surface area contributed by atoms with E-state index in [4.69, 9.17) is 0 Å². The van der Waals surface area contributed by atoms with E-state index in [9.17, 15) is 4.79 Å². The monoisotopic (exact) mass is 274 g/mol. The molecule has 0 aliphatic heterocycles. The maximum absolute atomic E-state index is 11.5. The topological polar surface area (TPSA) is 17.1 Å². The summed E-state index contributed by atoms with van der Waals surface area (Å²) in [5.74, 6) is 0.234. The highest BCUT2D eigenvalue weighted by Crippen LogP contribution is 2.17. The molecule has 0 fully saturated rings. The van der Waals surface area contributed by atoms with E-state index >= 15 is 0 Å². The zero-order valence-corrected chi connectivity index (χ0v) is 9.38. The van der Waals surface area contributed by atoms with Crippen molar-refractivity contribution in [3.8, 4) is 0 Å². The molecule has 12 heavy (non-hydrogen) atoms. The smallest absolute Gasteiger partial charge is 0.163 e. The van der Waals surface area contributed by atoms with Gasteiger partial charge in [0.2, 0.25) is 0 Å². The highest BCUT2D eigenvalue weighted by Gasteiger charge is 2.09. The van der Waals surface area contributed by atoms with Crippen molar-refractivity contribution in [2.24, 2.45) is 0 Å². The summed E-state index contributed by atoms with van der Waals surface area (Å²) < 4.78 is 1.06. The van der Waals surface area contributed by atoms with Gasteiger partial charge in [0, 0.05) is 15.6 Å². The van der Waals surface area contributed by atoms with Crippen LogP contribution in [0, 0.1) is 10.5 Å². The molecule has 0 spiro atoms. The van der Waals surface area contributed by atoms with E-state index in [1.807, 2.05) is 32.0 Å². The number of hydrogen-bond acceptors (Lipinski definition) is 1. The minimum absolute atomic E-state index is 0.234. The van der Waals surface area contributed by atoms with Gasteiger partial charge in [0.1, 0.15) is 0 Å². The Morgan fingerprint density at radius 1 is 1.50 bits per heavy atom. The molecular formula is C10H11IO. The molecule has 0 atom stereocenters. The summed E-state index contributed by atoms with van der Waals surface area (Å²) in [6, 6.07) is 5.92. The van der Waals surface area contributed by atoms with E-state index in [-0.39, 0.29) is 5.78 Å². The Balaban J connectivity index is 3.21. The normalized spacial score (nSPS) is 9.92. The van der Waals surface area contributed by atoms with Gasteiger partial charge in [-0.3, -0.25) is 4.79 Å². The van der Waals surface area contributed by atoms with Gasteiger partial charge in [-0.25, -0.2) is 0 Å². The third-order valence-electron chi connectivity index (χ3n) is 1.82. The van der Waals surface area contributed by atoms with E-state index in [0.29, 0.717) is 6.42 Å². The first-order chi connectivity index (χ1) is 5.66. The lowest BCUT2D eigenvalue weighted by atomic mass is 10.0. The van der Waals surface area contributed by atoms with E-state index < -0.39 is 0 Å². The molecule has 1 rings (SSSR count). The van der Waals surface area contributed by atoms with Gasteiger partial charge in [-0.05, 0) is 41.1 Å². The molecule has 0 saturated heterocycles. The highest BCUT2D eigenvalue weighted by atomic mass is 127. The SMILES string of the molecule is CCC(=O)c1c(C)cccc1I. The second-order valence-electron chi connectivity index (χ2n) is 2.71. The van der Waals surface area contributed by atoms with Gasteiger partial charge in [0.15, 0.2) is 5.78 Å². The van der Waals surface area contributed by atoms with Gasteiger partial charge in [-0.2, -0.15) is 0 Å². The second kappa shape index (κ2) is 4.03. The number of hydrogen-bond donors (Lipinski definition) is 0. The summed E-state index contributed by atoms with van der Waals surface area (Å²) in [5, 5.41) is 0. The number of benzene rings is 1. The summed E-state index contributed by atoms with van der Waals surface area (Å²) >= 11 is 2.20.